The minimum atomic E-state index is -0.154. The van der Waals surface area contributed by atoms with Crippen LogP contribution in [-0.2, 0) is 0 Å². The van der Waals surface area contributed by atoms with Gasteiger partial charge in [-0.1, -0.05) is 18.2 Å². The summed E-state index contributed by atoms with van der Waals surface area (Å²) >= 11 is 0. The maximum Gasteiger partial charge on any atom is 0.0702 e. The van der Waals surface area contributed by atoms with E-state index >= 15 is 0 Å². The molecule has 3 rings (SSSR count). The number of pyridine rings is 2. The van der Waals surface area contributed by atoms with Crippen molar-refractivity contribution in [1.82, 2.24) is 9.97 Å². The van der Waals surface area contributed by atoms with Gasteiger partial charge in [0.2, 0.25) is 0 Å². The molecule has 0 fully saturated rings. The van der Waals surface area contributed by atoms with E-state index in [-0.39, 0.29) is 6.04 Å². The van der Waals surface area contributed by atoms with Crippen LogP contribution in [0, 0.1) is 6.92 Å². The maximum absolute atomic E-state index is 6.35. The molecule has 3 aromatic rings. The van der Waals surface area contributed by atoms with Crippen LogP contribution in [0.4, 0.5) is 0 Å². The third-order valence-electron chi connectivity index (χ3n) is 3.37. The van der Waals surface area contributed by atoms with E-state index in [9.17, 15) is 0 Å². The van der Waals surface area contributed by atoms with Crippen LogP contribution in [0.5, 0.6) is 0 Å². The lowest BCUT2D eigenvalue weighted by Gasteiger charge is -2.15. The van der Waals surface area contributed by atoms with Crippen LogP contribution < -0.4 is 5.73 Å². The lowest BCUT2D eigenvalue weighted by molar-refractivity contribution is 0.849. The van der Waals surface area contributed by atoms with Gasteiger partial charge in [-0.15, -0.1) is 0 Å². The van der Waals surface area contributed by atoms with Crippen LogP contribution in [-0.4, -0.2) is 9.97 Å². The topological polar surface area (TPSA) is 51.8 Å². The highest BCUT2D eigenvalue weighted by Gasteiger charge is 2.12. The molecule has 0 saturated carbocycles. The van der Waals surface area contributed by atoms with E-state index in [2.05, 4.69) is 22.1 Å². The molecule has 94 valence electrons. The smallest absolute Gasteiger partial charge is 0.0702 e. The Kier molecular flexibility index (Phi) is 2.97. The van der Waals surface area contributed by atoms with Gasteiger partial charge < -0.3 is 5.73 Å². The Morgan fingerprint density at radius 1 is 1.00 bits per heavy atom. The number of rotatable bonds is 2. The molecule has 0 aliphatic carbocycles. The van der Waals surface area contributed by atoms with Gasteiger partial charge in [0, 0.05) is 23.5 Å². The molecular weight excluding hydrogens is 234 g/mol. The third-order valence-corrected chi connectivity index (χ3v) is 3.37. The fraction of sp³-hybridized carbons (Fsp3) is 0.125. The fourth-order valence-corrected chi connectivity index (χ4v) is 2.29. The van der Waals surface area contributed by atoms with E-state index in [1.54, 1.807) is 12.4 Å². The molecule has 2 heterocycles. The number of aryl methyl sites for hydroxylation is 1. The zero-order valence-electron chi connectivity index (χ0n) is 10.7. The highest BCUT2D eigenvalue weighted by Crippen LogP contribution is 2.24. The van der Waals surface area contributed by atoms with Gasteiger partial charge in [0.05, 0.1) is 11.6 Å². The van der Waals surface area contributed by atoms with Crippen LogP contribution in [0.2, 0.25) is 0 Å². The molecule has 19 heavy (non-hydrogen) atoms. The first-order chi connectivity index (χ1) is 9.25. The summed E-state index contributed by atoms with van der Waals surface area (Å²) in [5.74, 6) is 0. The number of hydrogen-bond donors (Lipinski definition) is 1. The van der Waals surface area contributed by atoms with E-state index in [1.165, 1.54) is 0 Å². The average Bonchev–Trinajstić information content (AvgIpc) is 2.46. The quantitative estimate of drug-likeness (QED) is 0.759. The zero-order valence-corrected chi connectivity index (χ0v) is 10.7. The normalized spacial score (nSPS) is 12.5. The Labute approximate surface area is 112 Å². The van der Waals surface area contributed by atoms with Gasteiger partial charge in [-0.2, -0.15) is 0 Å². The Morgan fingerprint density at radius 2 is 1.79 bits per heavy atom. The highest BCUT2D eigenvalue weighted by atomic mass is 14.7. The van der Waals surface area contributed by atoms with Crippen LogP contribution in [0.25, 0.3) is 10.9 Å². The summed E-state index contributed by atoms with van der Waals surface area (Å²) in [5, 5.41) is 1.11. The fourth-order valence-electron chi connectivity index (χ4n) is 2.29. The predicted octanol–water partition coefficient (Wildman–Crippen LogP) is 2.99. The molecule has 1 atom stereocenters. The van der Waals surface area contributed by atoms with E-state index in [1.807, 2.05) is 37.3 Å². The van der Waals surface area contributed by atoms with Crippen molar-refractivity contribution in [3.63, 3.8) is 0 Å². The number of nitrogens with two attached hydrogens (primary N) is 1. The van der Waals surface area contributed by atoms with Gasteiger partial charge in [0.15, 0.2) is 0 Å². The standard InChI is InChI=1S/C16H15N3/c1-11-14(5-3-8-18-11)16(17)13-6-7-15-12(10-13)4-2-9-19-15/h2-10,16H,17H2,1H3. The molecule has 0 amide bonds. The number of nitrogens with zero attached hydrogens (tertiary/aromatic N) is 2. The Hall–Kier alpha value is -2.26. The second-order valence-corrected chi connectivity index (χ2v) is 4.61. The highest BCUT2D eigenvalue weighted by molar-refractivity contribution is 5.79. The summed E-state index contributed by atoms with van der Waals surface area (Å²) in [7, 11) is 0. The summed E-state index contributed by atoms with van der Waals surface area (Å²) < 4.78 is 0. The minimum Gasteiger partial charge on any atom is -0.320 e. The second-order valence-electron chi connectivity index (χ2n) is 4.61. The molecule has 0 aliphatic rings. The van der Waals surface area contributed by atoms with Crippen LogP contribution in [0.15, 0.2) is 54.9 Å². The molecule has 0 saturated heterocycles. The number of hydrogen-bond acceptors (Lipinski definition) is 3. The van der Waals surface area contributed by atoms with Gasteiger partial charge >= 0.3 is 0 Å². The van der Waals surface area contributed by atoms with Crippen LogP contribution >= 0.6 is 0 Å². The Balaban J connectivity index is 2.07. The van der Waals surface area contributed by atoms with Gasteiger partial charge in [-0.05, 0) is 42.3 Å². The molecule has 1 unspecified atom stereocenters. The Morgan fingerprint density at radius 3 is 2.63 bits per heavy atom. The van der Waals surface area contributed by atoms with Gasteiger partial charge in [-0.3, -0.25) is 9.97 Å². The third kappa shape index (κ3) is 2.20. The number of aromatic nitrogens is 2. The first-order valence-corrected chi connectivity index (χ1v) is 6.27. The maximum atomic E-state index is 6.35. The minimum absolute atomic E-state index is 0.154. The molecular formula is C16H15N3. The van der Waals surface area contributed by atoms with Crippen molar-refractivity contribution in [2.24, 2.45) is 5.73 Å². The molecule has 0 aliphatic heterocycles. The van der Waals surface area contributed by atoms with Crippen LogP contribution in [0.3, 0.4) is 0 Å². The van der Waals surface area contributed by atoms with Crippen LogP contribution in [0.1, 0.15) is 22.9 Å². The SMILES string of the molecule is Cc1ncccc1C(N)c1ccc2ncccc2c1. The molecule has 0 radical (unpaired) electrons. The van der Waals surface area contributed by atoms with Crippen molar-refractivity contribution in [3.8, 4) is 0 Å². The second kappa shape index (κ2) is 4.78. The van der Waals surface area contributed by atoms with E-state index in [0.717, 1.165) is 27.7 Å². The molecule has 3 nitrogen and oxygen atoms in total. The zero-order chi connectivity index (χ0) is 13.2. The molecule has 2 aromatic heterocycles. The number of fused-ring (bicyclic) bond motifs is 1. The predicted molar refractivity (Wildman–Crippen MR) is 76.7 cm³/mol. The van der Waals surface area contributed by atoms with Gasteiger partial charge in [0.1, 0.15) is 0 Å². The number of benzene rings is 1. The van der Waals surface area contributed by atoms with Crippen molar-refractivity contribution >= 4 is 10.9 Å². The van der Waals surface area contributed by atoms with Crippen molar-refractivity contribution in [3.05, 3.63) is 71.7 Å². The summed E-state index contributed by atoms with van der Waals surface area (Å²) in [6.45, 7) is 1.98. The first-order valence-electron chi connectivity index (χ1n) is 6.27. The van der Waals surface area contributed by atoms with Crippen molar-refractivity contribution in [2.75, 3.05) is 0 Å². The lowest BCUT2D eigenvalue weighted by Crippen LogP contribution is -2.13. The van der Waals surface area contributed by atoms with E-state index < -0.39 is 0 Å². The van der Waals surface area contributed by atoms with Crippen molar-refractivity contribution < 1.29 is 0 Å². The summed E-state index contributed by atoms with van der Waals surface area (Å²) in [4.78, 5) is 8.61. The summed E-state index contributed by atoms with van der Waals surface area (Å²) in [6, 6.07) is 13.9. The average molecular weight is 249 g/mol. The summed E-state index contributed by atoms with van der Waals surface area (Å²) in [5.41, 5.74) is 10.4. The molecule has 0 bridgehead atoms. The molecule has 0 spiro atoms. The molecule has 2 N–H and O–H groups in total. The first kappa shape index (κ1) is 11.8. The molecule has 3 heteroatoms. The molecule has 1 aromatic carbocycles. The van der Waals surface area contributed by atoms with Crippen molar-refractivity contribution in [1.29, 1.82) is 0 Å². The van der Waals surface area contributed by atoms with E-state index in [0.29, 0.717) is 0 Å². The van der Waals surface area contributed by atoms with Gasteiger partial charge in [-0.25, -0.2) is 0 Å². The Bertz CT molecular complexity index is 722. The van der Waals surface area contributed by atoms with Gasteiger partial charge in [0.25, 0.3) is 0 Å². The monoisotopic (exact) mass is 249 g/mol. The lowest BCUT2D eigenvalue weighted by atomic mass is 9.97. The van der Waals surface area contributed by atoms with E-state index in [4.69, 9.17) is 5.73 Å². The van der Waals surface area contributed by atoms with Crippen molar-refractivity contribution in [2.45, 2.75) is 13.0 Å². The summed E-state index contributed by atoms with van der Waals surface area (Å²) in [6.07, 6.45) is 3.59. The largest absolute Gasteiger partial charge is 0.320 e.